The van der Waals surface area contributed by atoms with Crippen LogP contribution in [-0.2, 0) is 9.84 Å². The average molecular weight is 640 g/mol. The first-order chi connectivity index (χ1) is 20.7. The molecule has 14 nitrogen and oxygen atoms in total. The lowest BCUT2D eigenvalue weighted by Gasteiger charge is -2.36. The summed E-state index contributed by atoms with van der Waals surface area (Å²) >= 11 is 6.60. The van der Waals surface area contributed by atoms with Gasteiger partial charge in [-0.05, 0) is 47.7 Å². The summed E-state index contributed by atoms with van der Waals surface area (Å²) in [6, 6.07) is 9.13. The van der Waals surface area contributed by atoms with Crippen molar-refractivity contribution in [2.45, 2.75) is 9.10 Å². The molecule has 1 fully saturated rings. The first-order valence-electron chi connectivity index (χ1n) is 12.9. The summed E-state index contributed by atoms with van der Waals surface area (Å²) in [5.41, 5.74) is 7.66. The number of hydrogen-bond acceptors (Lipinski definition) is 13. The Morgan fingerprint density at radius 3 is 2.47 bits per heavy atom. The van der Waals surface area contributed by atoms with Crippen LogP contribution in [-0.4, -0.2) is 78.8 Å². The molecule has 0 bridgehead atoms. The predicted molar refractivity (Wildman–Crippen MR) is 168 cm³/mol. The highest BCUT2D eigenvalue weighted by atomic mass is 32.2. The van der Waals surface area contributed by atoms with E-state index in [-0.39, 0.29) is 20.7 Å². The van der Waals surface area contributed by atoms with E-state index in [2.05, 4.69) is 35.3 Å². The predicted octanol–water partition coefficient (Wildman–Crippen LogP) is 3.92. The number of fused-ring (bicyclic) bond motifs is 3. The molecule has 1 aliphatic rings. The molecule has 6 rings (SSSR count). The second kappa shape index (κ2) is 11.2. The molecule has 0 radical (unpaired) electrons. The van der Waals surface area contributed by atoms with E-state index in [1.54, 1.807) is 14.2 Å². The van der Waals surface area contributed by atoms with Crippen LogP contribution in [0.5, 0.6) is 11.5 Å². The minimum atomic E-state index is -3.81. The minimum absolute atomic E-state index is 0.0426. The second-order valence-electron chi connectivity index (χ2n) is 9.48. The van der Waals surface area contributed by atoms with Crippen molar-refractivity contribution in [2.24, 2.45) is 5.18 Å². The Kier molecular flexibility index (Phi) is 7.45. The third-order valence-electron chi connectivity index (χ3n) is 7.04. The van der Waals surface area contributed by atoms with Crippen LogP contribution in [0.25, 0.3) is 21.9 Å². The molecule has 0 saturated carbocycles. The number of thiocarbonyl (C=S) groups is 1. The van der Waals surface area contributed by atoms with Gasteiger partial charge in [-0.15, -0.1) is 4.91 Å². The second-order valence-corrected chi connectivity index (χ2v) is 13.1. The van der Waals surface area contributed by atoms with Gasteiger partial charge in [-0.3, -0.25) is 0 Å². The number of thiazole rings is 1. The van der Waals surface area contributed by atoms with Gasteiger partial charge in [0.1, 0.15) is 21.4 Å². The van der Waals surface area contributed by atoms with Crippen LogP contribution in [0.15, 0.2) is 56.9 Å². The van der Waals surface area contributed by atoms with Crippen molar-refractivity contribution in [1.29, 1.82) is 0 Å². The fraction of sp³-hybridized carbons (Fsp3) is 0.231. The third kappa shape index (κ3) is 5.26. The molecule has 43 heavy (non-hydrogen) atoms. The van der Waals surface area contributed by atoms with Crippen LogP contribution in [0.1, 0.15) is 0 Å². The van der Waals surface area contributed by atoms with Gasteiger partial charge in [0.15, 0.2) is 21.7 Å². The number of aromatic amines is 1. The van der Waals surface area contributed by atoms with Crippen molar-refractivity contribution in [2.75, 3.05) is 56.3 Å². The molecule has 2 aromatic carbocycles. The number of methoxy groups -OCH3 is 2. The summed E-state index contributed by atoms with van der Waals surface area (Å²) < 4.78 is 37.0. The normalized spacial score (nSPS) is 13.8. The van der Waals surface area contributed by atoms with E-state index in [1.165, 1.54) is 30.5 Å². The SMILES string of the molecule is COc1cc2[nH]c3nc(N)nc(N4CCN(C(=S)Nc5ncc(S(=O)(=O)c6ccc(N=O)cc6)s5)CC4)c3c2cc1OC. The molecule has 5 aromatic rings. The Hall–Kier alpha value is -4.61. The lowest BCUT2D eigenvalue weighted by Crippen LogP contribution is -2.50. The van der Waals surface area contributed by atoms with Crippen molar-refractivity contribution in [3.63, 3.8) is 0 Å². The highest BCUT2D eigenvalue weighted by Crippen LogP contribution is 2.39. The number of nitrogen functional groups attached to an aromatic ring is 1. The molecule has 4 heterocycles. The van der Waals surface area contributed by atoms with Crippen LogP contribution >= 0.6 is 23.6 Å². The van der Waals surface area contributed by atoms with Crippen LogP contribution in [0.4, 0.5) is 22.6 Å². The van der Waals surface area contributed by atoms with Gasteiger partial charge >= 0.3 is 0 Å². The molecule has 0 aliphatic carbocycles. The zero-order chi connectivity index (χ0) is 30.3. The van der Waals surface area contributed by atoms with Gasteiger partial charge in [0.2, 0.25) is 15.8 Å². The molecule has 1 aliphatic heterocycles. The number of piperazine rings is 1. The Labute approximate surface area is 254 Å². The quantitative estimate of drug-likeness (QED) is 0.172. The number of nitroso groups, excluding NO2 is 1. The molecule has 4 N–H and O–H groups in total. The fourth-order valence-electron chi connectivity index (χ4n) is 4.89. The van der Waals surface area contributed by atoms with E-state index in [4.69, 9.17) is 27.4 Å². The highest BCUT2D eigenvalue weighted by molar-refractivity contribution is 7.93. The van der Waals surface area contributed by atoms with Crippen molar-refractivity contribution in [1.82, 2.24) is 24.8 Å². The highest BCUT2D eigenvalue weighted by Gasteiger charge is 2.26. The molecule has 0 spiro atoms. The number of nitrogens with two attached hydrogens (primary N) is 1. The minimum Gasteiger partial charge on any atom is -0.493 e. The van der Waals surface area contributed by atoms with Crippen molar-refractivity contribution >= 4 is 83.0 Å². The molecule has 0 unspecified atom stereocenters. The molecule has 0 amide bonds. The van der Waals surface area contributed by atoms with Crippen LogP contribution in [0.2, 0.25) is 0 Å². The van der Waals surface area contributed by atoms with Crippen molar-refractivity contribution < 1.29 is 17.9 Å². The number of nitrogens with one attached hydrogen (secondary N) is 2. The molecular formula is C26H25N9O5S3. The molecule has 0 atom stereocenters. The maximum absolute atomic E-state index is 13.0. The van der Waals surface area contributed by atoms with E-state index in [0.717, 1.165) is 27.6 Å². The van der Waals surface area contributed by atoms with Crippen LogP contribution < -0.4 is 25.4 Å². The summed E-state index contributed by atoms with van der Waals surface area (Å²) in [4.78, 5) is 31.3. The summed E-state index contributed by atoms with van der Waals surface area (Å²) in [5, 5.41) is 8.35. The van der Waals surface area contributed by atoms with Gasteiger partial charge in [-0.2, -0.15) is 9.97 Å². The Morgan fingerprint density at radius 2 is 1.79 bits per heavy atom. The number of H-pyrrole nitrogens is 1. The summed E-state index contributed by atoms with van der Waals surface area (Å²) in [6.45, 7) is 2.34. The average Bonchev–Trinajstić information content (AvgIpc) is 3.64. The molecule has 1 saturated heterocycles. The number of aromatic nitrogens is 4. The van der Waals surface area contributed by atoms with Gasteiger partial charge in [-0.1, -0.05) is 11.3 Å². The zero-order valence-electron chi connectivity index (χ0n) is 22.9. The standard InChI is InChI=1S/C26H25N9O5S3/c1-39-18-11-16-17(12-19(18)40-2)29-22-21(16)23(31-24(27)30-22)34-7-9-35(10-8-34)26(41)32-25-28-13-20(42-25)43(37,38)15-5-3-14(33-36)4-6-15/h3-6,11-13H,7-10H2,1-2H3,(H,28,32,41)(H3,27,29,30,31). The van der Waals surface area contributed by atoms with Gasteiger partial charge in [-0.25, -0.2) is 13.4 Å². The van der Waals surface area contributed by atoms with Crippen LogP contribution in [0.3, 0.4) is 0 Å². The van der Waals surface area contributed by atoms with E-state index in [0.29, 0.717) is 59.4 Å². The van der Waals surface area contributed by atoms with Gasteiger partial charge in [0, 0.05) is 37.6 Å². The first-order valence-corrected chi connectivity index (χ1v) is 15.6. The first kappa shape index (κ1) is 28.5. The molecular weight excluding hydrogens is 615 g/mol. The van der Waals surface area contributed by atoms with Crippen LogP contribution in [0, 0.1) is 4.91 Å². The Bertz CT molecular complexity index is 1970. The summed E-state index contributed by atoms with van der Waals surface area (Å²) in [5.74, 6) is 2.03. The molecule has 3 aromatic heterocycles. The Morgan fingerprint density at radius 1 is 1.09 bits per heavy atom. The fourth-order valence-corrected chi connectivity index (χ4v) is 7.66. The number of hydrogen-bond donors (Lipinski definition) is 3. The molecule has 17 heteroatoms. The topological polar surface area (TPSA) is 181 Å². The largest absolute Gasteiger partial charge is 0.493 e. The monoisotopic (exact) mass is 639 g/mol. The number of benzene rings is 2. The van der Waals surface area contributed by atoms with Gasteiger partial charge in [0.05, 0.1) is 36.2 Å². The summed E-state index contributed by atoms with van der Waals surface area (Å²) in [6.07, 6.45) is 1.28. The Balaban J connectivity index is 1.17. The van der Waals surface area contributed by atoms with Gasteiger partial charge < -0.3 is 35.3 Å². The lowest BCUT2D eigenvalue weighted by molar-refractivity contribution is 0.356. The zero-order valence-corrected chi connectivity index (χ0v) is 25.3. The van der Waals surface area contributed by atoms with Crippen molar-refractivity contribution in [3.05, 3.63) is 47.5 Å². The van der Waals surface area contributed by atoms with E-state index in [1.807, 2.05) is 17.0 Å². The van der Waals surface area contributed by atoms with Crippen molar-refractivity contribution in [3.8, 4) is 11.5 Å². The van der Waals surface area contributed by atoms with Gasteiger partial charge in [0.25, 0.3) is 0 Å². The summed E-state index contributed by atoms with van der Waals surface area (Å²) in [7, 11) is -0.646. The van der Waals surface area contributed by atoms with E-state index < -0.39 is 9.84 Å². The maximum atomic E-state index is 13.0. The van der Waals surface area contributed by atoms with E-state index in [9.17, 15) is 13.3 Å². The number of ether oxygens (including phenoxy) is 2. The third-order valence-corrected chi connectivity index (χ3v) is 10.5. The lowest BCUT2D eigenvalue weighted by atomic mass is 10.1. The number of sulfone groups is 1. The van der Waals surface area contributed by atoms with E-state index >= 15 is 0 Å². The molecule has 222 valence electrons. The number of nitrogens with zero attached hydrogens (tertiary/aromatic N) is 6. The number of rotatable bonds is 7. The maximum Gasteiger partial charge on any atom is 0.223 e. The number of anilines is 3. The smallest absolute Gasteiger partial charge is 0.223 e.